The molecule has 7 heteroatoms. The summed E-state index contributed by atoms with van der Waals surface area (Å²) < 4.78 is 33.2. The first-order valence-electron chi connectivity index (χ1n) is 6.42. The Balaban J connectivity index is 2.24. The predicted molar refractivity (Wildman–Crippen MR) is 90.9 cm³/mol. The molecule has 2 aromatic rings. The van der Waals surface area contributed by atoms with Gasteiger partial charge < -0.3 is 4.74 Å². The first kappa shape index (κ1) is 17.3. The minimum atomic E-state index is -3.69. The zero-order valence-corrected chi connectivity index (χ0v) is 15.2. The van der Waals surface area contributed by atoms with Gasteiger partial charge in [0.05, 0.1) is 7.11 Å². The quantitative estimate of drug-likeness (QED) is 0.822. The Labute approximate surface area is 143 Å². The van der Waals surface area contributed by atoms with E-state index in [0.29, 0.717) is 9.50 Å². The Hall–Kier alpha value is -1.08. The fourth-order valence-corrected chi connectivity index (χ4v) is 3.79. The van der Waals surface area contributed by atoms with E-state index in [1.165, 1.54) is 13.2 Å². The maximum Gasteiger partial charge on any atom is 0.244 e. The van der Waals surface area contributed by atoms with Gasteiger partial charge in [-0.15, -0.1) is 0 Å². The van der Waals surface area contributed by atoms with Crippen molar-refractivity contribution in [3.8, 4) is 5.75 Å². The zero-order chi connectivity index (χ0) is 16.3. The Morgan fingerprint density at radius 1 is 1.23 bits per heavy atom. The fourth-order valence-electron chi connectivity index (χ4n) is 1.86. The lowest BCUT2D eigenvalue weighted by Gasteiger charge is -2.11. The lowest BCUT2D eigenvalue weighted by atomic mass is 10.1. The summed E-state index contributed by atoms with van der Waals surface area (Å²) in [5.41, 5.74) is 1.73. The van der Waals surface area contributed by atoms with Gasteiger partial charge in [0.25, 0.3) is 0 Å². The van der Waals surface area contributed by atoms with Crippen molar-refractivity contribution in [2.24, 2.45) is 0 Å². The summed E-state index contributed by atoms with van der Waals surface area (Å²) in [6, 6.07) is 10.3. The number of rotatable bonds is 5. The van der Waals surface area contributed by atoms with Crippen molar-refractivity contribution >= 4 is 37.6 Å². The molecular weight excluding hydrogens is 390 g/mol. The molecule has 0 saturated carbocycles. The van der Waals surface area contributed by atoms with Gasteiger partial charge in [-0.3, -0.25) is 0 Å². The van der Waals surface area contributed by atoms with Gasteiger partial charge in [0.15, 0.2) is 0 Å². The molecule has 0 bridgehead atoms. The minimum Gasteiger partial charge on any atom is -0.495 e. The van der Waals surface area contributed by atoms with E-state index in [9.17, 15) is 8.42 Å². The molecule has 0 aliphatic rings. The van der Waals surface area contributed by atoms with E-state index < -0.39 is 10.0 Å². The lowest BCUT2D eigenvalue weighted by Crippen LogP contribution is -2.23. The summed E-state index contributed by atoms with van der Waals surface area (Å²) in [7, 11) is -2.26. The van der Waals surface area contributed by atoms with Crippen LogP contribution in [0.25, 0.3) is 0 Å². The van der Waals surface area contributed by atoms with Crippen molar-refractivity contribution in [2.45, 2.75) is 18.4 Å². The minimum absolute atomic E-state index is 0.0857. The smallest absolute Gasteiger partial charge is 0.244 e. The number of aryl methyl sites for hydroxylation is 1. The van der Waals surface area contributed by atoms with Crippen molar-refractivity contribution in [1.29, 1.82) is 0 Å². The van der Waals surface area contributed by atoms with E-state index in [1.807, 2.05) is 19.1 Å². The fraction of sp³-hybridized carbons (Fsp3) is 0.200. The van der Waals surface area contributed by atoms with Crippen LogP contribution in [0, 0.1) is 6.92 Å². The molecule has 0 aliphatic heterocycles. The van der Waals surface area contributed by atoms with E-state index in [-0.39, 0.29) is 17.2 Å². The van der Waals surface area contributed by atoms with Gasteiger partial charge in [-0.25, -0.2) is 13.1 Å². The molecule has 118 valence electrons. The second-order valence-corrected chi connectivity index (χ2v) is 7.76. The van der Waals surface area contributed by atoms with Crippen LogP contribution < -0.4 is 9.46 Å². The van der Waals surface area contributed by atoms with Crippen molar-refractivity contribution in [3.05, 3.63) is 57.0 Å². The Morgan fingerprint density at radius 3 is 2.59 bits per heavy atom. The number of methoxy groups -OCH3 is 1. The maximum absolute atomic E-state index is 12.4. The normalized spacial score (nSPS) is 11.5. The Bertz CT molecular complexity index is 793. The molecule has 2 rings (SSSR count). The third-order valence-electron chi connectivity index (χ3n) is 3.12. The number of hydrogen-bond acceptors (Lipinski definition) is 3. The number of halogens is 2. The monoisotopic (exact) mass is 403 g/mol. The molecule has 2 aromatic carbocycles. The van der Waals surface area contributed by atoms with E-state index >= 15 is 0 Å². The molecule has 0 saturated heterocycles. The highest BCUT2D eigenvalue weighted by Crippen LogP contribution is 2.27. The summed E-state index contributed by atoms with van der Waals surface area (Å²) >= 11 is 9.31. The van der Waals surface area contributed by atoms with Crippen LogP contribution in [0.1, 0.15) is 11.1 Å². The second-order valence-electron chi connectivity index (χ2n) is 4.70. The second kappa shape index (κ2) is 7.00. The number of sulfonamides is 1. The highest BCUT2D eigenvalue weighted by atomic mass is 79.9. The summed E-state index contributed by atoms with van der Waals surface area (Å²) in [5.74, 6) is 0.289. The molecule has 0 radical (unpaired) electrons. The molecule has 0 unspecified atom stereocenters. The molecule has 0 atom stereocenters. The van der Waals surface area contributed by atoms with E-state index in [2.05, 4.69) is 20.7 Å². The van der Waals surface area contributed by atoms with Gasteiger partial charge in [0.2, 0.25) is 10.0 Å². The number of hydrogen-bond donors (Lipinski definition) is 1. The molecule has 1 N–H and O–H groups in total. The van der Waals surface area contributed by atoms with Gasteiger partial charge in [-0.1, -0.05) is 39.7 Å². The summed E-state index contributed by atoms with van der Waals surface area (Å²) in [4.78, 5) is 0.0857. The van der Waals surface area contributed by atoms with Gasteiger partial charge in [0.1, 0.15) is 10.6 Å². The molecule has 0 aromatic heterocycles. The lowest BCUT2D eigenvalue weighted by molar-refractivity contribution is 0.402. The maximum atomic E-state index is 12.4. The Morgan fingerprint density at radius 2 is 1.95 bits per heavy atom. The largest absolute Gasteiger partial charge is 0.495 e. The van der Waals surface area contributed by atoms with Crippen molar-refractivity contribution in [1.82, 2.24) is 4.72 Å². The van der Waals surface area contributed by atoms with E-state index in [4.69, 9.17) is 16.3 Å². The zero-order valence-electron chi connectivity index (χ0n) is 12.1. The van der Waals surface area contributed by atoms with Crippen molar-refractivity contribution in [2.75, 3.05) is 7.11 Å². The standard InChI is InChI=1S/C15H15BrClNO3S/c1-10-3-4-11(7-13(10)17)9-18-22(19,20)15-8-12(16)5-6-14(15)21-2/h3-8,18H,9H2,1-2H3. The molecule has 22 heavy (non-hydrogen) atoms. The summed E-state index contributed by atoms with van der Waals surface area (Å²) in [5, 5.41) is 0.608. The van der Waals surface area contributed by atoms with Crippen LogP contribution in [0.2, 0.25) is 5.02 Å². The highest BCUT2D eigenvalue weighted by molar-refractivity contribution is 9.10. The summed E-state index contributed by atoms with van der Waals surface area (Å²) in [6.45, 7) is 2.04. The highest BCUT2D eigenvalue weighted by Gasteiger charge is 2.19. The third-order valence-corrected chi connectivity index (χ3v) is 5.44. The van der Waals surface area contributed by atoms with E-state index in [0.717, 1.165) is 11.1 Å². The first-order chi connectivity index (χ1) is 10.3. The van der Waals surface area contributed by atoms with Gasteiger partial charge in [-0.2, -0.15) is 0 Å². The van der Waals surface area contributed by atoms with Gasteiger partial charge >= 0.3 is 0 Å². The Kier molecular flexibility index (Phi) is 5.50. The average molecular weight is 405 g/mol. The number of ether oxygens (including phenoxy) is 1. The third kappa shape index (κ3) is 4.01. The molecular formula is C15H15BrClNO3S. The first-order valence-corrected chi connectivity index (χ1v) is 9.07. The van der Waals surface area contributed by atoms with Crippen LogP contribution in [0.15, 0.2) is 45.8 Å². The van der Waals surface area contributed by atoms with Crippen molar-refractivity contribution < 1.29 is 13.2 Å². The van der Waals surface area contributed by atoms with Crippen LogP contribution in [0.5, 0.6) is 5.75 Å². The van der Waals surface area contributed by atoms with Crippen LogP contribution in [-0.2, 0) is 16.6 Å². The molecule has 0 amide bonds. The molecule has 0 heterocycles. The average Bonchev–Trinajstić information content (AvgIpc) is 2.48. The molecule has 4 nitrogen and oxygen atoms in total. The molecule has 0 spiro atoms. The number of benzene rings is 2. The van der Waals surface area contributed by atoms with Gasteiger partial charge in [-0.05, 0) is 42.3 Å². The molecule has 0 fully saturated rings. The SMILES string of the molecule is COc1ccc(Br)cc1S(=O)(=O)NCc1ccc(C)c(Cl)c1. The van der Waals surface area contributed by atoms with Crippen LogP contribution in [0.3, 0.4) is 0 Å². The van der Waals surface area contributed by atoms with Crippen LogP contribution in [-0.4, -0.2) is 15.5 Å². The van der Waals surface area contributed by atoms with Crippen LogP contribution >= 0.6 is 27.5 Å². The number of nitrogens with one attached hydrogen (secondary N) is 1. The topological polar surface area (TPSA) is 55.4 Å². The van der Waals surface area contributed by atoms with Crippen LogP contribution in [0.4, 0.5) is 0 Å². The summed E-state index contributed by atoms with van der Waals surface area (Å²) in [6.07, 6.45) is 0. The van der Waals surface area contributed by atoms with E-state index in [1.54, 1.807) is 18.2 Å². The van der Waals surface area contributed by atoms with Gasteiger partial charge in [0, 0.05) is 16.0 Å². The predicted octanol–water partition coefficient (Wildman–Crippen LogP) is 3.90. The molecule has 0 aliphatic carbocycles. The van der Waals surface area contributed by atoms with Crippen molar-refractivity contribution in [3.63, 3.8) is 0 Å².